The number of aromatic nitrogens is 1. The Kier molecular flexibility index (Phi) is 8.59. The zero-order chi connectivity index (χ0) is 24.4. The molecule has 2 aliphatic rings. The molecule has 1 unspecified atom stereocenters. The number of anilines is 1. The normalized spacial score (nSPS) is 24.3. The van der Waals surface area contributed by atoms with Gasteiger partial charge in [-0.2, -0.15) is 5.06 Å². The number of nitrogens with two attached hydrogens (primary N) is 1. The van der Waals surface area contributed by atoms with Crippen LogP contribution in [0.3, 0.4) is 0 Å². The van der Waals surface area contributed by atoms with Crippen LogP contribution in [-0.2, 0) is 43.1 Å². The number of nitrogens with one attached hydrogen (secondary N) is 1. The van der Waals surface area contributed by atoms with Gasteiger partial charge in [-0.05, 0) is 0 Å². The summed E-state index contributed by atoms with van der Waals surface area (Å²) in [6, 6.07) is 0. The van der Waals surface area contributed by atoms with Gasteiger partial charge in [0, 0.05) is 18.7 Å². The van der Waals surface area contributed by atoms with Crippen molar-refractivity contribution in [3.05, 3.63) is 11.1 Å². The molecule has 0 spiro atoms. The first-order valence-corrected chi connectivity index (χ1v) is 10.1. The van der Waals surface area contributed by atoms with Gasteiger partial charge in [-0.15, -0.1) is 11.3 Å². The second-order valence-corrected chi connectivity index (χ2v) is 7.82. The number of carbonyl (C=O) groups excluding carboxylic acids is 5. The van der Waals surface area contributed by atoms with Crippen LogP contribution in [0.5, 0.6) is 0 Å². The Balaban J connectivity index is 0.00000408. The number of rotatable bonds is 8. The number of oxime groups is 1. The van der Waals surface area contributed by atoms with Gasteiger partial charge < -0.3 is 35.3 Å². The number of nitrogens with zero attached hydrogens (tertiary/aromatic N) is 3. The summed E-state index contributed by atoms with van der Waals surface area (Å²) in [5.41, 5.74) is 0.586. The molecule has 0 saturated carbocycles. The van der Waals surface area contributed by atoms with Crippen LogP contribution in [0.2, 0.25) is 0 Å². The van der Waals surface area contributed by atoms with E-state index in [0.717, 1.165) is 18.3 Å². The Morgan fingerprint density at radius 3 is 2.62 bits per heavy atom. The van der Waals surface area contributed by atoms with E-state index in [9.17, 15) is 29.1 Å². The Bertz CT molecular complexity index is 1050. The third-order valence-electron chi connectivity index (χ3n) is 4.67. The van der Waals surface area contributed by atoms with E-state index >= 15 is 0 Å². The van der Waals surface area contributed by atoms with Crippen LogP contribution in [0.1, 0.15) is 25.5 Å². The Morgan fingerprint density at radius 2 is 2.12 bits per heavy atom. The zero-order valence-electron chi connectivity index (χ0n) is 18.3. The molecule has 34 heavy (non-hydrogen) atoms. The fourth-order valence-corrected chi connectivity index (χ4v) is 3.66. The Hall–Kier alpha value is -2.79. The second-order valence-electron chi connectivity index (χ2n) is 6.93. The Labute approximate surface area is 217 Å². The number of aliphatic carboxylic acids is 1. The number of nitrogen functional groups attached to an aromatic ring is 1. The van der Waals surface area contributed by atoms with Crippen LogP contribution in [0.25, 0.3) is 0 Å². The summed E-state index contributed by atoms with van der Waals surface area (Å²) in [7, 11) is 1.17. The first-order valence-electron chi connectivity index (χ1n) is 9.24. The van der Waals surface area contributed by atoms with E-state index in [1.165, 1.54) is 12.5 Å². The smallest absolute Gasteiger partial charge is 0.544 e. The summed E-state index contributed by atoms with van der Waals surface area (Å²) in [5.74, 6) is -5.76. The van der Waals surface area contributed by atoms with Crippen molar-refractivity contribution in [2.24, 2.45) is 5.16 Å². The summed E-state index contributed by atoms with van der Waals surface area (Å²) < 4.78 is 9.76. The molecule has 17 heteroatoms. The number of carboxylic acid groups (broad SMARTS) is 1. The number of esters is 2. The van der Waals surface area contributed by atoms with Crippen molar-refractivity contribution in [1.82, 2.24) is 15.4 Å². The summed E-state index contributed by atoms with van der Waals surface area (Å²) in [4.78, 5) is 75.0. The summed E-state index contributed by atoms with van der Waals surface area (Å²) in [6.45, 7) is -0.346. The molecule has 3 N–H and O–H groups in total. The average molecular weight is 507 g/mol. The molecule has 178 valence electrons. The predicted molar refractivity (Wildman–Crippen MR) is 103 cm³/mol. The van der Waals surface area contributed by atoms with E-state index in [1.807, 2.05) is 0 Å². The molecule has 15 nitrogen and oxygen atoms in total. The third-order valence-corrected chi connectivity index (χ3v) is 5.34. The van der Waals surface area contributed by atoms with E-state index in [-0.39, 0.29) is 52.5 Å². The molecule has 2 saturated heterocycles. The minimum absolute atomic E-state index is 0. The van der Waals surface area contributed by atoms with Crippen molar-refractivity contribution in [2.45, 2.75) is 31.0 Å². The van der Waals surface area contributed by atoms with Crippen molar-refractivity contribution in [3.8, 4) is 0 Å². The number of thiazole rings is 1. The van der Waals surface area contributed by atoms with Crippen molar-refractivity contribution < 1.29 is 77.8 Å². The van der Waals surface area contributed by atoms with Gasteiger partial charge in [0.05, 0.1) is 6.42 Å². The maximum absolute atomic E-state index is 13.3. The van der Waals surface area contributed by atoms with Gasteiger partial charge in [-0.25, -0.2) is 4.98 Å². The largest absolute Gasteiger partial charge is 1.00 e. The number of cyclic esters (lactones) is 1. The van der Waals surface area contributed by atoms with Gasteiger partial charge in [0.2, 0.25) is 0 Å². The number of hydroxylamine groups is 2. The van der Waals surface area contributed by atoms with Gasteiger partial charge >= 0.3 is 41.5 Å². The van der Waals surface area contributed by atoms with Gasteiger partial charge in [0.15, 0.2) is 16.4 Å². The molecular weight excluding hydrogens is 489 g/mol. The van der Waals surface area contributed by atoms with Crippen molar-refractivity contribution in [3.63, 3.8) is 0 Å². The first kappa shape index (κ1) is 27.5. The quantitative estimate of drug-likeness (QED) is 0.146. The van der Waals surface area contributed by atoms with Crippen LogP contribution in [0.15, 0.2) is 10.5 Å². The van der Waals surface area contributed by atoms with E-state index in [4.69, 9.17) is 20.0 Å². The topological polar surface area (TPSA) is 212 Å². The molecule has 3 rings (SSSR count). The molecule has 2 atom stereocenters. The standard InChI is InChI=1S/C17H19N5O10S.Na/c1-8(23)30-6-16(20-12(25)11(21-29-2)9-5-33-15(18)19-9)7-31-22(13(16)26)17(14(27)28)4-3-10(24)32-17;/h5H,3-4,6-7H2,1-2H3,(H2,18,19)(H,20,25)(H,27,28);/q;+1/p-1/b21-11-;/t16-,17?;/m0./s1. The maximum Gasteiger partial charge on any atom is 1.00 e. The molecule has 2 amide bonds. The summed E-state index contributed by atoms with van der Waals surface area (Å²) >= 11 is 1.01. The van der Waals surface area contributed by atoms with Crippen molar-refractivity contribution in [2.75, 3.05) is 26.1 Å². The van der Waals surface area contributed by atoms with Crippen LogP contribution in [-0.4, -0.2) is 77.1 Å². The van der Waals surface area contributed by atoms with Crippen LogP contribution < -0.4 is 45.7 Å². The Morgan fingerprint density at radius 1 is 1.41 bits per heavy atom. The molecule has 0 bridgehead atoms. The van der Waals surface area contributed by atoms with Crippen molar-refractivity contribution in [1.29, 1.82) is 0 Å². The molecule has 0 aliphatic carbocycles. The fraction of sp³-hybridized carbons (Fsp3) is 0.471. The molecule has 0 aromatic carbocycles. The maximum atomic E-state index is 13.3. The fourth-order valence-electron chi connectivity index (χ4n) is 3.11. The number of hydrogen-bond acceptors (Lipinski definition) is 14. The van der Waals surface area contributed by atoms with Gasteiger partial charge in [-0.3, -0.25) is 24.0 Å². The van der Waals surface area contributed by atoms with E-state index in [0.29, 0.717) is 5.06 Å². The molecule has 1 aromatic rings. The average Bonchev–Trinajstić information content (AvgIpc) is 3.43. The minimum Gasteiger partial charge on any atom is -0.544 e. The second kappa shape index (κ2) is 10.6. The number of amides is 2. The third kappa shape index (κ3) is 5.15. The van der Waals surface area contributed by atoms with Crippen molar-refractivity contribution >= 4 is 51.9 Å². The van der Waals surface area contributed by atoms with Crippen LogP contribution >= 0.6 is 11.3 Å². The van der Waals surface area contributed by atoms with Gasteiger partial charge in [0.25, 0.3) is 17.5 Å². The SMILES string of the molecule is CO/N=C(\C(=O)N[C@@]1(COC(C)=O)CON(C2(C(=O)[O-])CCC(=O)O2)C1=O)c1csc(N)n1.[Na+]. The number of hydrogen-bond donors (Lipinski definition) is 2. The molecule has 1 aromatic heterocycles. The number of carboxylic acids is 1. The monoisotopic (exact) mass is 507 g/mol. The number of ether oxygens (including phenoxy) is 2. The van der Waals surface area contributed by atoms with Gasteiger partial charge in [-0.1, -0.05) is 5.16 Å². The summed E-state index contributed by atoms with van der Waals surface area (Å²) in [6.07, 6.45) is -0.772. The minimum atomic E-state index is -2.55. The molecule has 2 fully saturated rings. The molecule has 3 heterocycles. The molecule has 0 radical (unpaired) electrons. The first-order chi connectivity index (χ1) is 15.5. The van der Waals surface area contributed by atoms with E-state index < -0.39 is 60.6 Å². The zero-order valence-corrected chi connectivity index (χ0v) is 21.1. The van der Waals surface area contributed by atoms with E-state index in [2.05, 4.69) is 20.3 Å². The predicted octanol–water partition coefficient (Wildman–Crippen LogP) is -5.95. The number of carbonyl (C=O) groups is 5. The molecule has 2 aliphatic heterocycles. The van der Waals surface area contributed by atoms with Crippen LogP contribution in [0.4, 0.5) is 5.13 Å². The van der Waals surface area contributed by atoms with Crippen LogP contribution in [0, 0.1) is 0 Å². The molecular formula is C17H18N5NaO10S. The summed E-state index contributed by atoms with van der Waals surface area (Å²) in [5, 5.41) is 19.6. The van der Waals surface area contributed by atoms with E-state index in [1.54, 1.807) is 0 Å². The van der Waals surface area contributed by atoms with Gasteiger partial charge in [0.1, 0.15) is 32.0 Å².